The van der Waals surface area contributed by atoms with Crippen LogP contribution >= 0.6 is 0 Å². The predicted molar refractivity (Wildman–Crippen MR) is 79.1 cm³/mol. The number of amides is 1. The lowest BCUT2D eigenvalue weighted by atomic mass is 10.1. The summed E-state index contributed by atoms with van der Waals surface area (Å²) in [5.41, 5.74) is 7.45. The molecule has 21 heavy (non-hydrogen) atoms. The number of fused-ring (bicyclic) bond motifs is 1. The Morgan fingerprint density at radius 3 is 2.71 bits per heavy atom. The van der Waals surface area contributed by atoms with Gasteiger partial charge in [0.15, 0.2) is 0 Å². The van der Waals surface area contributed by atoms with Crippen LogP contribution in [-0.4, -0.2) is 45.4 Å². The Kier molecular flexibility index (Phi) is 4.32. The van der Waals surface area contributed by atoms with Crippen molar-refractivity contribution in [3.63, 3.8) is 0 Å². The Hall–Kier alpha value is -2.70. The lowest BCUT2D eigenvalue weighted by Crippen LogP contribution is -2.36. The van der Waals surface area contributed by atoms with E-state index >= 15 is 0 Å². The summed E-state index contributed by atoms with van der Waals surface area (Å²) in [5, 5.41) is 11.6. The summed E-state index contributed by atoms with van der Waals surface area (Å²) >= 11 is 0. The molecular weight excluding hydrogens is 270 g/mol. The molecule has 0 aliphatic carbocycles. The third kappa shape index (κ3) is 3.25. The van der Waals surface area contributed by atoms with Gasteiger partial charge in [0, 0.05) is 37.5 Å². The number of amidine groups is 1. The van der Waals surface area contributed by atoms with Gasteiger partial charge in [0.1, 0.15) is 5.84 Å². The minimum absolute atomic E-state index is 0.0963. The fourth-order valence-corrected chi connectivity index (χ4v) is 2.00. The van der Waals surface area contributed by atoms with Gasteiger partial charge in [0.05, 0.1) is 11.0 Å². The van der Waals surface area contributed by atoms with Crippen molar-refractivity contribution in [1.29, 1.82) is 0 Å². The Morgan fingerprint density at radius 2 is 2.05 bits per heavy atom. The van der Waals surface area contributed by atoms with Gasteiger partial charge >= 0.3 is 0 Å². The fourth-order valence-electron chi connectivity index (χ4n) is 2.00. The van der Waals surface area contributed by atoms with E-state index in [4.69, 9.17) is 10.9 Å². The number of carbonyl (C=O) groups is 1. The monoisotopic (exact) mass is 287 g/mol. The van der Waals surface area contributed by atoms with Gasteiger partial charge in [-0.3, -0.25) is 14.8 Å². The number of rotatable bonds is 4. The van der Waals surface area contributed by atoms with E-state index in [-0.39, 0.29) is 17.7 Å². The van der Waals surface area contributed by atoms with Crippen LogP contribution < -0.4 is 5.73 Å². The lowest BCUT2D eigenvalue weighted by molar-refractivity contribution is 0.0786. The molecule has 0 aliphatic rings. The molecule has 1 heterocycles. The van der Waals surface area contributed by atoms with Crippen LogP contribution in [0.15, 0.2) is 35.7 Å². The van der Waals surface area contributed by atoms with Gasteiger partial charge in [0.25, 0.3) is 5.91 Å². The number of hydrogen-bond donors (Lipinski definition) is 2. The summed E-state index contributed by atoms with van der Waals surface area (Å²) in [6.07, 6.45) is 3.19. The Labute approximate surface area is 122 Å². The molecule has 110 valence electrons. The highest BCUT2D eigenvalue weighted by molar-refractivity contribution is 5.97. The average molecular weight is 287 g/mol. The minimum atomic E-state index is -0.232. The zero-order chi connectivity index (χ0) is 15.4. The summed E-state index contributed by atoms with van der Waals surface area (Å²) in [5.74, 6) is -0.289. The van der Waals surface area contributed by atoms with Crippen LogP contribution in [-0.2, 0) is 0 Å². The maximum absolute atomic E-state index is 12.4. The molecule has 0 spiro atoms. The minimum Gasteiger partial charge on any atom is -0.409 e. The lowest BCUT2D eigenvalue weighted by Gasteiger charge is -2.21. The van der Waals surface area contributed by atoms with E-state index in [1.807, 2.05) is 0 Å². The van der Waals surface area contributed by atoms with Crippen LogP contribution in [0.25, 0.3) is 11.0 Å². The van der Waals surface area contributed by atoms with Gasteiger partial charge < -0.3 is 15.8 Å². The van der Waals surface area contributed by atoms with Crippen molar-refractivity contribution in [3.8, 4) is 0 Å². The molecule has 7 heteroatoms. The second kappa shape index (κ2) is 6.17. The SMILES string of the molecule is CC(CN(C)C(=O)c1ccc2nccnc2c1)C(N)=NO. The average Bonchev–Trinajstić information content (AvgIpc) is 2.52. The van der Waals surface area contributed by atoms with Crippen molar-refractivity contribution in [1.82, 2.24) is 14.9 Å². The fraction of sp³-hybridized carbons (Fsp3) is 0.286. The third-order valence-corrected chi connectivity index (χ3v) is 3.23. The normalized spacial score (nSPS) is 13.1. The van der Waals surface area contributed by atoms with Crippen LogP contribution in [0.5, 0.6) is 0 Å². The molecule has 3 N–H and O–H groups in total. The molecule has 1 aromatic carbocycles. The molecule has 7 nitrogen and oxygen atoms in total. The predicted octanol–water partition coefficient (Wildman–Crippen LogP) is 1.08. The molecular formula is C14H17N5O2. The van der Waals surface area contributed by atoms with E-state index in [1.165, 1.54) is 4.90 Å². The van der Waals surface area contributed by atoms with Gasteiger partial charge in [-0.25, -0.2) is 0 Å². The van der Waals surface area contributed by atoms with E-state index in [0.29, 0.717) is 17.6 Å². The largest absolute Gasteiger partial charge is 0.409 e. The van der Waals surface area contributed by atoms with Crippen LogP contribution in [0.4, 0.5) is 0 Å². The first kappa shape index (κ1) is 14.7. The summed E-state index contributed by atoms with van der Waals surface area (Å²) in [4.78, 5) is 22.2. The summed E-state index contributed by atoms with van der Waals surface area (Å²) in [6.45, 7) is 2.14. The van der Waals surface area contributed by atoms with E-state index in [9.17, 15) is 4.79 Å². The molecule has 1 aromatic heterocycles. The van der Waals surface area contributed by atoms with Crippen LogP contribution in [0.1, 0.15) is 17.3 Å². The first-order valence-electron chi connectivity index (χ1n) is 6.46. The summed E-state index contributed by atoms with van der Waals surface area (Å²) in [6, 6.07) is 5.18. The highest BCUT2D eigenvalue weighted by Crippen LogP contribution is 2.13. The quantitative estimate of drug-likeness (QED) is 0.379. The molecule has 1 unspecified atom stereocenters. The Morgan fingerprint density at radius 1 is 1.38 bits per heavy atom. The van der Waals surface area contributed by atoms with Crippen LogP contribution in [0, 0.1) is 5.92 Å². The van der Waals surface area contributed by atoms with Gasteiger partial charge in [-0.15, -0.1) is 0 Å². The van der Waals surface area contributed by atoms with E-state index in [2.05, 4.69) is 15.1 Å². The number of benzene rings is 1. The number of nitrogens with zero attached hydrogens (tertiary/aromatic N) is 4. The van der Waals surface area contributed by atoms with Crippen molar-refractivity contribution < 1.29 is 10.0 Å². The molecule has 2 rings (SSSR count). The maximum Gasteiger partial charge on any atom is 0.253 e. The molecule has 0 saturated carbocycles. The second-order valence-corrected chi connectivity index (χ2v) is 4.87. The molecule has 0 aliphatic heterocycles. The molecule has 2 aromatic rings. The van der Waals surface area contributed by atoms with Crippen LogP contribution in [0.2, 0.25) is 0 Å². The number of carbonyl (C=O) groups excluding carboxylic acids is 1. The van der Waals surface area contributed by atoms with Crippen LogP contribution in [0.3, 0.4) is 0 Å². The molecule has 1 amide bonds. The second-order valence-electron chi connectivity index (χ2n) is 4.87. The smallest absolute Gasteiger partial charge is 0.253 e. The van der Waals surface area contributed by atoms with Gasteiger partial charge in [-0.05, 0) is 18.2 Å². The zero-order valence-corrected chi connectivity index (χ0v) is 11.9. The van der Waals surface area contributed by atoms with Gasteiger partial charge in [-0.2, -0.15) is 0 Å². The van der Waals surface area contributed by atoms with Crippen molar-refractivity contribution >= 4 is 22.8 Å². The molecule has 1 atom stereocenters. The van der Waals surface area contributed by atoms with Crippen molar-refractivity contribution in [2.24, 2.45) is 16.8 Å². The van der Waals surface area contributed by atoms with E-state index < -0.39 is 0 Å². The van der Waals surface area contributed by atoms with Crippen molar-refractivity contribution in [2.45, 2.75) is 6.92 Å². The molecule has 0 saturated heterocycles. The Bertz CT molecular complexity index is 686. The number of nitrogens with two attached hydrogens (primary N) is 1. The van der Waals surface area contributed by atoms with Crippen molar-refractivity contribution in [3.05, 3.63) is 36.2 Å². The summed E-state index contributed by atoms with van der Waals surface area (Å²) < 4.78 is 0. The van der Waals surface area contributed by atoms with Gasteiger partial charge in [0.2, 0.25) is 0 Å². The number of hydrogen-bond acceptors (Lipinski definition) is 5. The standard InChI is InChI=1S/C14H17N5O2/c1-9(13(15)18-21)8-19(2)14(20)10-3-4-11-12(7-10)17-6-5-16-11/h3-7,9,21H,8H2,1-2H3,(H2,15,18). The molecule has 0 fully saturated rings. The third-order valence-electron chi connectivity index (χ3n) is 3.23. The topological polar surface area (TPSA) is 105 Å². The highest BCUT2D eigenvalue weighted by atomic mass is 16.4. The zero-order valence-electron chi connectivity index (χ0n) is 11.9. The number of aromatic nitrogens is 2. The van der Waals surface area contributed by atoms with E-state index in [0.717, 1.165) is 5.52 Å². The Balaban J connectivity index is 2.17. The van der Waals surface area contributed by atoms with Gasteiger partial charge in [-0.1, -0.05) is 12.1 Å². The number of oxime groups is 1. The van der Waals surface area contributed by atoms with Crippen molar-refractivity contribution in [2.75, 3.05) is 13.6 Å². The van der Waals surface area contributed by atoms with E-state index in [1.54, 1.807) is 44.6 Å². The maximum atomic E-state index is 12.4. The highest BCUT2D eigenvalue weighted by Gasteiger charge is 2.17. The summed E-state index contributed by atoms with van der Waals surface area (Å²) in [7, 11) is 1.67. The first-order valence-corrected chi connectivity index (χ1v) is 6.46. The molecule has 0 radical (unpaired) electrons. The first-order chi connectivity index (χ1) is 10.0. The molecule has 0 bridgehead atoms.